The summed E-state index contributed by atoms with van der Waals surface area (Å²) >= 11 is 0. The first kappa shape index (κ1) is 39.6. The first-order valence-electron chi connectivity index (χ1n) is 14.5. The van der Waals surface area contributed by atoms with E-state index in [2.05, 4.69) is 40.9 Å². The average Bonchev–Trinajstić information content (AvgIpc) is 3.89. The summed E-state index contributed by atoms with van der Waals surface area (Å²) in [5, 5.41) is 22.1. The molecule has 6 rings (SSSR count). The van der Waals surface area contributed by atoms with Crippen molar-refractivity contribution in [3.8, 4) is 22.3 Å². The van der Waals surface area contributed by atoms with Crippen molar-refractivity contribution in [2.75, 3.05) is 20.8 Å². The van der Waals surface area contributed by atoms with Crippen LogP contribution in [0.25, 0.3) is 27.8 Å². The predicted molar refractivity (Wildman–Crippen MR) is 182 cm³/mol. The van der Waals surface area contributed by atoms with E-state index < -0.39 is 5.97 Å². The average molecular weight is 658 g/mol. The Hall–Kier alpha value is -5.54. The van der Waals surface area contributed by atoms with Gasteiger partial charge < -0.3 is 20.1 Å². The first-order chi connectivity index (χ1) is 22.6. The number of benzene rings is 3. The van der Waals surface area contributed by atoms with Gasteiger partial charge in [-0.3, -0.25) is 15.2 Å². The van der Waals surface area contributed by atoms with Gasteiger partial charge in [-0.1, -0.05) is 24.3 Å². The molecule has 12 nitrogen and oxygen atoms in total. The largest absolute Gasteiger partial charge is 1.00 e. The van der Waals surface area contributed by atoms with Crippen molar-refractivity contribution in [2.24, 2.45) is 4.99 Å². The third kappa shape index (κ3) is 10.2. The van der Waals surface area contributed by atoms with E-state index in [1.54, 1.807) is 48.9 Å². The second kappa shape index (κ2) is 18.7. The molecule has 0 radical (unpaired) electrons. The first-order valence-corrected chi connectivity index (χ1v) is 14.5. The number of esters is 2. The van der Waals surface area contributed by atoms with Crippen LogP contribution in [0.5, 0.6) is 0 Å². The molecular weight excluding hydrogens is 621 g/mol. The number of aryl methyl sites for hydroxylation is 3. The van der Waals surface area contributed by atoms with Crippen molar-refractivity contribution in [2.45, 2.75) is 20.8 Å². The van der Waals surface area contributed by atoms with E-state index in [4.69, 9.17) is 5.11 Å². The fourth-order valence-corrected chi connectivity index (χ4v) is 4.92. The summed E-state index contributed by atoms with van der Waals surface area (Å²) in [6, 6.07) is 16.1. The number of aliphatic imine (C=N–C) groups is 1. The fourth-order valence-electron chi connectivity index (χ4n) is 4.92. The fraction of sp³-hybridized carbons (Fsp3) is 0.167. The Kier molecular flexibility index (Phi) is 15.1. The van der Waals surface area contributed by atoms with Gasteiger partial charge in [0.2, 0.25) is 0 Å². The van der Waals surface area contributed by atoms with Crippen LogP contribution in [-0.2, 0) is 9.47 Å². The minimum absolute atomic E-state index is 0. The Morgan fingerprint density at radius 1 is 0.694 bits per heavy atom. The molecule has 0 unspecified atom stereocenters. The van der Waals surface area contributed by atoms with Gasteiger partial charge in [-0.2, -0.15) is 10.2 Å². The number of methoxy groups -OCH3 is 2. The number of carbonyl (C=O) groups is 3. The number of carboxylic acids is 1. The summed E-state index contributed by atoms with van der Waals surface area (Å²) in [6.07, 6.45) is 11.0. The maximum Gasteiger partial charge on any atom is 1.00 e. The minimum Gasteiger partial charge on any atom is -0.870 e. The zero-order chi connectivity index (χ0) is 33.9. The third-order valence-electron chi connectivity index (χ3n) is 7.34. The Balaban J connectivity index is 0.000000250. The number of hydrogen-bond acceptors (Lipinski definition) is 9. The number of allylic oxidation sites excluding steroid dienone is 1. The smallest absolute Gasteiger partial charge is 0.870 e. The molecule has 1 aliphatic heterocycles. The summed E-state index contributed by atoms with van der Waals surface area (Å²) in [6.45, 7) is 6.56. The minimum atomic E-state index is -0.906. The summed E-state index contributed by atoms with van der Waals surface area (Å²) in [7, 11) is 2.76. The molecule has 49 heavy (non-hydrogen) atoms. The Morgan fingerprint density at radius 2 is 1.12 bits per heavy atom. The summed E-state index contributed by atoms with van der Waals surface area (Å²) in [4.78, 5) is 37.5. The number of nitrogens with zero attached hydrogens (tertiary/aromatic N) is 3. The number of hydrogen-bond donors (Lipinski definition) is 3. The second-order valence-corrected chi connectivity index (χ2v) is 10.5. The number of H-pyrrole nitrogens is 2. The summed E-state index contributed by atoms with van der Waals surface area (Å²) in [5.74, 6) is -1.53. The van der Waals surface area contributed by atoms with Crippen molar-refractivity contribution in [3.63, 3.8) is 0 Å². The van der Waals surface area contributed by atoms with Gasteiger partial charge in [0.05, 0.1) is 49.8 Å². The van der Waals surface area contributed by atoms with Crippen LogP contribution in [0.1, 0.15) is 53.3 Å². The number of rotatable bonds is 6. The Bertz CT molecular complexity index is 1940. The molecule has 2 aromatic heterocycles. The van der Waals surface area contributed by atoms with E-state index in [1.165, 1.54) is 14.2 Å². The number of aromatic nitrogens is 4. The van der Waals surface area contributed by atoms with Gasteiger partial charge >= 0.3 is 36.8 Å². The Labute approximate surface area is 295 Å². The third-order valence-corrected chi connectivity index (χ3v) is 7.34. The standard InChI is InChI=1S/C13H13NO2.C12H12N2O2.C11H10N2O2.Li.H2O/c1-9-7-10(13(15)16-2)3-4-12(9)11-5-6-14-8-11;1-8-5-9(12(15)16-2)3-4-11(8)10-6-13-14-7-10;1-7-4-8(11(14)15)2-3-10(7)9-5-12-13-6-9;;/h3-5,7-8H,6H2,1-2H3;3-7H,1-2H3,(H,13,14);2-6H,1H3,(H,12,13)(H,14,15);;1H2/q;;;+1;/p-1. The number of carbonyl (C=O) groups excluding carboxylic acids is 2. The van der Waals surface area contributed by atoms with Crippen LogP contribution >= 0.6 is 0 Å². The molecule has 0 atom stereocenters. The number of ether oxygens (including phenoxy) is 2. The van der Waals surface area contributed by atoms with Crippen LogP contribution in [0.2, 0.25) is 0 Å². The van der Waals surface area contributed by atoms with Crippen molar-refractivity contribution in [3.05, 3.63) is 124 Å². The molecule has 0 amide bonds. The van der Waals surface area contributed by atoms with Crippen molar-refractivity contribution >= 4 is 29.7 Å². The Morgan fingerprint density at radius 3 is 1.47 bits per heavy atom. The van der Waals surface area contributed by atoms with Crippen molar-refractivity contribution in [1.29, 1.82) is 0 Å². The molecule has 0 saturated carbocycles. The van der Waals surface area contributed by atoms with Crippen LogP contribution < -0.4 is 18.9 Å². The molecule has 3 heterocycles. The van der Waals surface area contributed by atoms with Crippen LogP contribution in [0.3, 0.4) is 0 Å². The van der Waals surface area contributed by atoms with E-state index in [-0.39, 0.29) is 36.3 Å². The van der Waals surface area contributed by atoms with Crippen LogP contribution in [0.4, 0.5) is 0 Å². The maximum absolute atomic E-state index is 11.3. The summed E-state index contributed by atoms with van der Waals surface area (Å²) < 4.78 is 9.34. The van der Waals surface area contributed by atoms with Gasteiger partial charge in [-0.25, -0.2) is 14.4 Å². The number of aromatic amines is 2. The topological polar surface area (TPSA) is 190 Å². The van der Waals surface area contributed by atoms with E-state index >= 15 is 0 Å². The maximum atomic E-state index is 11.3. The number of aromatic carboxylic acids is 1. The molecule has 248 valence electrons. The molecule has 5 aromatic rings. The van der Waals surface area contributed by atoms with Gasteiger partial charge in [0.15, 0.2) is 0 Å². The molecule has 0 bridgehead atoms. The molecule has 0 aliphatic carbocycles. The van der Waals surface area contributed by atoms with Crippen LogP contribution in [-0.4, -0.2) is 75.9 Å². The second-order valence-electron chi connectivity index (χ2n) is 10.5. The zero-order valence-electron chi connectivity index (χ0n) is 28.1. The quantitative estimate of drug-likeness (QED) is 0.182. The molecule has 13 heteroatoms. The molecule has 0 spiro atoms. The van der Waals surface area contributed by atoms with Crippen LogP contribution in [0.15, 0.2) is 90.5 Å². The van der Waals surface area contributed by atoms with E-state index in [0.29, 0.717) is 16.7 Å². The molecule has 4 N–H and O–H groups in total. The molecule has 3 aromatic carbocycles. The van der Waals surface area contributed by atoms with E-state index in [0.717, 1.165) is 56.6 Å². The van der Waals surface area contributed by atoms with Gasteiger partial charge in [0.1, 0.15) is 0 Å². The number of nitrogens with one attached hydrogen (secondary N) is 2. The predicted octanol–water partition coefficient (Wildman–Crippen LogP) is 3.33. The van der Waals surface area contributed by atoms with Crippen LogP contribution in [0, 0.1) is 20.8 Å². The van der Waals surface area contributed by atoms with Gasteiger partial charge in [0.25, 0.3) is 0 Å². The monoisotopic (exact) mass is 657 g/mol. The zero-order valence-corrected chi connectivity index (χ0v) is 28.1. The normalized spacial score (nSPS) is 10.9. The van der Waals surface area contributed by atoms with Crippen molar-refractivity contribution < 1.29 is 53.3 Å². The van der Waals surface area contributed by atoms with Gasteiger partial charge in [-0.15, -0.1) is 0 Å². The molecule has 0 saturated heterocycles. The van der Waals surface area contributed by atoms with Gasteiger partial charge in [-0.05, 0) is 96.1 Å². The molecule has 1 aliphatic rings. The molecular formula is C36H36LiN5O7. The van der Waals surface area contributed by atoms with Gasteiger partial charge in [0, 0.05) is 29.7 Å². The molecule has 0 fully saturated rings. The van der Waals surface area contributed by atoms with E-state index in [1.807, 2.05) is 57.4 Å². The van der Waals surface area contributed by atoms with Crippen molar-refractivity contribution in [1.82, 2.24) is 20.4 Å². The SMILES string of the molecule is COC(=O)c1ccc(-c2cn[nH]c2)c(C)c1.COC(=O)c1ccc(C2=CCN=C2)c(C)c1.Cc1cc(C(=O)O)ccc1-c1cn[nH]c1.[Li+].[OH-]. The van der Waals surface area contributed by atoms with E-state index in [9.17, 15) is 14.4 Å². The summed E-state index contributed by atoms with van der Waals surface area (Å²) in [5.41, 5.74) is 10.7. The number of carboxylic acid groups (broad SMARTS) is 1.